The lowest BCUT2D eigenvalue weighted by atomic mass is 10.0. The molecule has 42 heavy (non-hydrogen) atoms. The van der Waals surface area contributed by atoms with Gasteiger partial charge in [0.25, 0.3) is 23.6 Å². The number of carbonyl (C=O) groups is 5. The molecule has 0 bridgehead atoms. The van der Waals surface area contributed by atoms with E-state index in [0.717, 1.165) is 9.80 Å². The molecule has 0 radical (unpaired) electrons. The Balaban J connectivity index is 1.39. The van der Waals surface area contributed by atoms with Crippen molar-refractivity contribution in [3.05, 3.63) is 132 Å². The van der Waals surface area contributed by atoms with Crippen molar-refractivity contribution in [3.8, 4) is 23.0 Å². The third-order valence-corrected chi connectivity index (χ3v) is 6.48. The van der Waals surface area contributed by atoms with E-state index in [-0.39, 0.29) is 34.3 Å². The first-order valence-electron chi connectivity index (χ1n) is 12.8. The van der Waals surface area contributed by atoms with Crippen molar-refractivity contribution in [2.75, 3.05) is 9.80 Å². The number of hydrogen-bond donors (Lipinski definition) is 0. The molecule has 2 aliphatic heterocycles. The molecular formula is C33H20N2O7. The Morgan fingerprint density at radius 2 is 1.02 bits per heavy atom. The summed E-state index contributed by atoms with van der Waals surface area (Å²) in [5.41, 5.74) is 1.23. The van der Waals surface area contributed by atoms with Gasteiger partial charge in [-0.25, -0.2) is 9.80 Å². The molecule has 0 unspecified atom stereocenters. The molecule has 0 N–H and O–H groups in total. The Bertz CT molecular complexity index is 1810. The van der Waals surface area contributed by atoms with Crippen LogP contribution in [0.2, 0.25) is 0 Å². The Hall–Kier alpha value is -6.09. The number of benzene rings is 4. The van der Waals surface area contributed by atoms with E-state index < -0.39 is 23.6 Å². The number of rotatable bonds is 8. The number of nitrogens with zero attached hydrogens (tertiary/aromatic N) is 2. The monoisotopic (exact) mass is 556 g/mol. The third-order valence-electron chi connectivity index (χ3n) is 6.48. The molecule has 0 spiro atoms. The maximum atomic E-state index is 13.6. The van der Waals surface area contributed by atoms with Gasteiger partial charge in [0.1, 0.15) is 11.5 Å². The summed E-state index contributed by atoms with van der Waals surface area (Å²) in [6.45, 7) is 0. The van der Waals surface area contributed by atoms with E-state index in [9.17, 15) is 24.0 Å². The van der Waals surface area contributed by atoms with E-state index >= 15 is 0 Å². The van der Waals surface area contributed by atoms with Crippen LogP contribution < -0.4 is 19.3 Å². The second kappa shape index (κ2) is 10.8. The molecule has 9 nitrogen and oxygen atoms in total. The Morgan fingerprint density at radius 3 is 1.57 bits per heavy atom. The second-order valence-corrected chi connectivity index (χ2v) is 9.22. The number of para-hydroxylation sites is 1. The van der Waals surface area contributed by atoms with Gasteiger partial charge >= 0.3 is 0 Å². The highest BCUT2D eigenvalue weighted by Gasteiger charge is 2.27. The predicted molar refractivity (Wildman–Crippen MR) is 153 cm³/mol. The standard InChI is InChI=1S/C33H20N2O7/c36-28-15-16-29(37)34(28)22-9-4-11-24(19-22)41-27-14-6-13-26(32(40)21-7-2-1-3-8-21)33(27)42-25-12-5-10-23(20-25)35-30(38)17-18-31(35)39/h1-20H. The van der Waals surface area contributed by atoms with Gasteiger partial charge in [-0.3, -0.25) is 24.0 Å². The molecule has 9 heteroatoms. The van der Waals surface area contributed by atoms with Crippen LogP contribution in [0.25, 0.3) is 0 Å². The van der Waals surface area contributed by atoms with Gasteiger partial charge < -0.3 is 9.47 Å². The van der Waals surface area contributed by atoms with Crippen LogP contribution >= 0.6 is 0 Å². The van der Waals surface area contributed by atoms with Crippen molar-refractivity contribution in [1.82, 2.24) is 0 Å². The molecule has 4 aromatic rings. The van der Waals surface area contributed by atoms with E-state index in [4.69, 9.17) is 9.47 Å². The molecule has 204 valence electrons. The summed E-state index contributed by atoms with van der Waals surface area (Å²) in [6, 6.07) is 26.2. The summed E-state index contributed by atoms with van der Waals surface area (Å²) in [5, 5.41) is 0. The summed E-state index contributed by atoms with van der Waals surface area (Å²) < 4.78 is 12.4. The van der Waals surface area contributed by atoms with Crippen molar-refractivity contribution in [2.45, 2.75) is 0 Å². The molecule has 0 saturated heterocycles. The van der Waals surface area contributed by atoms with Crippen LogP contribution in [0, 0.1) is 0 Å². The van der Waals surface area contributed by atoms with E-state index in [1.54, 1.807) is 84.9 Å². The lowest BCUT2D eigenvalue weighted by Crippen LogP contribution is -2.29. The molecule has 0 aromatic heterocycles. The first kappa shape index (κ1) is 26.1. The minimum absolute atomic E-state index is 0.0844. The van der Waals surface area contributed by atoms with Gasteiger partial charge in [0.05, 0.1) is 16.9 Å². The van der Waals surface area contributed by atoms with Crippen molar-refractivity contribution in [2.24, 2.45) is 0 Å². The molecule has 2 aliphatic rings. The number of anilines is 2. The van der Waals surface area contributed by atoms with Gasteiger partial charge in [0, 0.05) is 42.0 Å². The van der Waals surface area contributed by atoms with Gasteiger partial charge in [-0.2, -0.15) is 0 Å². The maximum Gasteiger partial charge on any atom is 0.258 e. The number of ketones is 1. The zero-order valence-corrected chi connectivity index (χ0v) is 21.8. The molecule has 6 rings (SSSR count). The highest BCUT2D eigenvalue weighted by molar-refractivity contribution is 6.28. The van der Waals surface area contributed by atoms with E-state index in [1.165, 1.54) is 36.4 Å². The number of amides is 4. The fourth-order valence-electron chi connectivity index (χ4n) is 4.55. The fourth-order valence-corrected chi connectivity index (χ4v) is 4.55. The molecule has 0 fully saturated rings. The van der Waals surface area contributed by atoms with Crippen molar-refractivity contribution in [1.29, 1.82) is 0 Å². The number of imide groups is 2. The van der Waals surface area contributed by atoms with Gasteiger partial charge in [-0.1, -0.05) is 48.5 Å². The second-order valence-electron chi connectivity index (χ2n) is 9.22. The molecule has 0 saturated carbocycles. The van der Waals surface area contributed by atoms with Gasteiger partial charge in [-0.05, 0) is 36.4 Å². The lowest BCUT2D eigenvalue weighted by molar-refractivity contribution is -0.121. The predicted octanol–water partition coefficient (Wildman–Crippen LogP) is 5.36. The molecule has 0 atom stereocenters. The van der Waals surface area contributed by atoms with Crippen LogP contribution in [0.4, 0.5) is 11.4 Å². The van der Waals surface area contributed by atoms with E-state index in [0.29, 0.717) is 16.9 Å². The van der Waals surface area contributed by atoms with Crippen molar-refractivity contribution in [3.63, 3.8) is 0 Å². The lowest BCUT2D eigenvalue weighted by Gasteiger charge is -2.19. The van der Waals surface area contributed by atoms with Crippen LogP contribution in [0.3, 0.4) is 0 Å². The normalized spacial score (nSPS) is 14.2. The zero-order chi connectivity index (χ0) is 29.2. The fraction of sp³-hybridized carbons (Fsp3) is 0. The molecular weight excluding hydrogens is 536 g/mol. The zero-order valence-electron chi connectivity index (χ0n) is 21.8. The molecule has 2 heterocycles. The summed E-state index contributed by atoms with van der Waals surface area (Å²) in [7, 11) is 0. The third kappa shape index (κ3) is 4.98. The van der Waals surface area contributed by atoms with E-state index in [1.807, 2.05) is 0 Å². The highest BCUT2D eigenvalue weighted by atomic mass is 16.5. The van der Waals surface area contributed by atoms with Gasteiger partial charge in [0.2, 0.25) is 0 Å². The first-order chi connectivity index (χ1) is 20.4. The molecule has 4 aromatic carbocycles. The quantitative estimate of drug-likeness (QED) is 0.212. The first-order valence-corrected chi connectivity index (χ1v) is 12.8. The number of carbonyl (C=O) groups excluding carboxylic acids is 5. The topological polar surface area (TPSA) is 110 Å². The Labute approximate surface area is 239 Å². The Kier molecular flexibility index (Phi) is 6.74. The average molecular weight is 557 g/mol. The van der Waals surface area contributed by atoms with Gasteiger partial charge in [0.15, 0.2) is 17.3 Å². The summed E-state index contributed by atoms with van der Waals surface area (Å²) in [4.78, 5) is 64.5. The summed E-state index contributed by atoms with van der Waals surface area (Å²) >= 11 is 0. The summed E-state index contributed by atoms with van der Waals surface area (Å²) in [5.74, 6) is -1.45. The minimum Gasteiger partial charge on any atom is -0.453 e. The highest BCUT2D eigenvalue weighted by Crippen LogP contribution is 2.40. The Morgan fingerprint density at radius 1 is 0.524 bits per heavy atom. The molecule has 0 aliphatic carbocycles. The van der Waals surface area contributed by atoms with Crippen LogP contribution in [0.5, 0.6) is 23.0 Å². The van der Waals surface area contributed by atoms with Crippen LogP contribution in [-0.4, -0.2) is 29.4 Å². The van der Waals surface area contributed by atoms with Crippen LogP contribution in [0.1, 0.15) is 15.9 Å². The van der Waals surface area contributed by atoms with Gasteiger partial charge in [-0.15, -0.1) is 0 Å². The van der Waals surface area contributed by atoms with Crippen molar-refractivity contribution >= 4 is 40.8 Å². The number of ether oxygens (including phenoxy) is 2. The minimum atomic E-state index is -0.481. The van der Waals surface area contributed by atoms with Crippen LogP contribution in [-0.2, 0) is 19.2 Å². The smallest absolute Gasteiger partial charge is 0.258 e. The largest absolute Gasteiger partial charge is 0.453 e. The molecule has 4 amide bonds. The average Bonchev–Trinajstić information content (AvgIpc) is 3.53. The number of hydrogen-bond acceptors (Lipinski definition) is 7. The van der Waals surface area contributed by atoms with Crippen LogP contribution in [0.15, 0.2) is 121 Å². The SMILES string of the molecule is O=C(c1ccccc1)c1cccc(Oc2cccc(N3C(=O)C=CC3=O)c2)c1Oc1cccc(N2C(=O)C=CC2=O)c1. The van der Waals surface area contributed by atoms with E-state index in [2.05, 4.69) is 0 Å². The maximum absolute atomic E-state index is 13.6. The van der Waals surface area contributed by atoms with Crippen molar-refractivity contribution < 1.29 is 33.4 Å². The summed E-state index contributed by atoms with van der Waals surface area (Å²) in [6.07, 6.45) is 4.74.